The lowest BCUT2D eigenvalue weighted by molar-refractivity contribution is 0.526. The summed E-state index contributed by atoms with van der Waals surface area (Å²) in [5.41, 5.74) is 0. The van der Waals surface area contributed by atoms with Gasteiger partial charge < -0.3 is 5.32 Å². The molecular weight excluding hydrogens is 134 g/mol. The smallest absolute Gasteiger partial charge is 0.0250 e. The van der Waals surface area contributed by atoms with Crippen molar-refractivity contribution in [1.29, 1.82) is 0 Å². The van der Waals surface area contributed by atoms with Gasteiger partial charge in [0.25, 0.3) is 0 Å². The van der Waals surface area contributed by atoms with Crippen LogP contribution in [0.3, 0.4) is 0 Å². The second-order valence-corrected chi connectivity index (χ2v) is 3.48. The van der Waals surface area contributed by atoms with Crippen LogP contribution in [0.2, 0.25) is 0 Å². The third-order valence-corrected chi connectivity index (χ3v) is 2.23. The normalized spacial score (nSPS) is 19.7. The predicted molar refractivity (Wildman–Crippen MR) is 49.6 cm³/mol. The highest BCUT2D eigenvalue weighted by Gasteiger charge is 2.23. The molecule has 1 N–H and O–H groups in total. The Labute approximate surface area is 69.9 Å². The summed E-state index contributed by atoms with van der Waals surface area (Å²) in [5.74, 6) is 1.00. The van der Waals surface area contributed by atoms with E-state index in [1.807, 2.05) is 6.08 Å². The average Bonchev–Trinajstić information content (AvgIpc) is 2.81. The first-order chi connectivity index (χ1) is 5.36. The monoisotopic (exact) mass is 153 g/mol. The average molecular weight is 153 g/mol. The van der Waals surface area contributed by atoms with E-state index in [2.05, 4.69) is 18.8 Å². The SMILES string of the molecule is C=CC(CC1CC1)NCCC. The highest BCUT2D eigenvalue weighted by Crippen LogP contribution is 2.33. The molecule has 0 spiro atoms. The molecule has 0 aromatic rings. The Balaban J connectivity index is 2.07. The van der Waals surface area contributed by atoms with Crippen LogP contribution in [0.5, 0.6) is 0 Å². The molecule has 11 heavy (non-hydrogen) atoms. The zero-order chi connectivity index (χ0) is 8.10. The van der Waals surface area contributed by atoms with Gasteiger partial charge in [-0.3, -0.25) is 0 Å². The van der Waals surface area contributed by atoms with Crippen molar-refractivity contribution in [2.24, 2.45) is 5.92 Å². The molecule has 1 unspecified atom stereocenters. The minimum Gasteiger partial charge on any atom is -0.311 e. The van der Waals surface area contributed by atoms with E-state index in [4.69, 9.17) is 0 Å². The first-order valence-electron chi connectivity index (χ1n) is 4.72. The van der Waals surface area contributed by atoms with Gasteiger partial charge >= 0.3 is 0 Å². The minimum absolute atomic E-state index is 0.572. The fourth-order valence-corrected chi connectivity index (χ4v) is 1.31. The number of rotatable bonds is 6. The predicted octanol–water partition coefficient (Wildman–Crippen LogP) is 2.34. The molecule has 0 amide bonds. The van der Waals surface area contributed by atoms with E-state index in [0.29, 0.717) is 6.04 Å². The Morgan fingerprint density at radius 3 is 2.82 bits per heavy atom. The molecule has 0 aromatic carbocycles. The molecule has 0 heterocycles. The lowest BCUT2D eigenvalue weighted by Crippen LogP contribution is -2.27. The lowest BCUT2D eigenvalue weighted by atomic mass is 10.1. The van der Waals surface area contributed by atoms with E-state index in [1.54, 1.807) is 0 Å². The van der Waals surface area contributed by atoms with E-state index in [9.17, 15) is 0 Å². The van der Waals surface area contributed by atoms with Crippen molar-refractivity contribution in [2.75, 3.05) is 6.54 Å². The Morgan fingerprint density at radius 2 is 2.36 bits per heavy atom. The molecule has 0 saturated heterocycles. The van der Waals surface area contributed by atoms with Crippen LogP contribution < -0.4 is 5.32 Å². The maximum Gasteiger partial charge on any atom is 0.0250 e. The molecule has 1 rings (SSSR count). The van der Waals surface area contributed by atoms with Gasteiger partial charge in [-0.25, -0.2) is 0 Å². The molecule has 1 atom stereocenters. The Kier molecular flexibility index (Phi) is 3.64. The van der Waals surface area contributed by atoms with Crippen molar-refractivity contribution in [3.63, 3.8) is 0 Å². The van der Waals surface area contributed by atoms with E-state index in [0.717, 1.165) is 12.5 Å². The highest BCUT2D eigenvalue weighted by atomic mass is 14.9. The number of hydrogen-bond acceptors (Lipinski definition) is 1. The van der Waals surface area contributed by atoms with Crippen LogP contribution in [0.4, 0.5) is 0 Å². The van der Waals surface area contributed by atoms with Gasteiger partial charge in [0.1, 0.15) is 0 Å². The van der Waals surface area contributed by atoms with Gasteiger partial charge in [-0.2, -0.15) is 0 Å². The third kappa shape index (κ3) is 3.57. The van der Waals surface area contributed by atoms with Gasteiger partial charge in [-0.05, 0) is 25.3 Å². The fraction of sp³-hybridized carbons (Fsp3) is 0.800. The fourth-order valence-electron chi connectivity index (χ4n) is 1.31. The van der Waals surface area contributed by atoms with Crippen LogP contribution in [-0.2, 0) is 0 Å². The summed E-state index contributed by atoms with van der Waals surface area (Å²) < 4.78 is 0. The maximum absolute atomic E-state index is 3.83. The first-order valence-corrected chi connectivity index (χ1v) is 4.72. The van der Waals surface area contributed by atoms with Crippen LogP contribution in [-0.4, -0.2) is 12.6 Å². The minimum atomic E-state index is 0.572. The van der Waals surface area contributed by atoms with Gasteiger partial charge in [-0.15, -0.1) is 6.58 Å². The van der Waals surface area contributed by atoms with Crippen LogP contribution in [0.25, 0.3) is 0 Å². The van der Waals surface area contributed by atoms with Crippen LogP contribution >= 0.6 is 0 Å². The van der Waals surface area contributed by atoms with Crippen LogP contribution in [0, 0.1) is 5.92 Å². The molecular formula is C10H19N. The lowest BCUT2D eigenvalue weighted by Gasteiger charge is -2.12. The van der Waals surface area contributed by atoms with E-state index >= 15 is 0 Å². The summed E-state index contributed by atoms with van der Waals surface area (Å²) in [6.07, 6.45) is 7.46. The van der Waals surface area contributed by atoms with Crippen molar-refractivity contribution in [1.82, 2.24) is 5.32 Å². The second kappa shape index (κ2) is 4.55. The summed E-state index contributed by atoms with van der Waals surface area (Å²) in [6, 6.07) is 0.572. The van der Waals surface area contributed by atoms with E-state index in [1.165, 1.54) is 25.7 Å². The second-order valence-electron chi connectivity index (χ2n) is 3.48. The molecule has 1 heteroatoms. The van der Waals surface area contributed by atoms with Gasteiger partial charge in [0.05, 0.1) is 0 Å². The molecule has 0 aromatic heterocycles. The van der Waals surface area contributed by atoms with Gasteiger partial charge in [-0.1, -0.05) is 25.8 Å². The zero-order valence-corrected chi connectivity index (χ0v) is 7.47. The molecule has 1 saturated carbocycles. The standard InChI is InChI=1S/C10H19N/c1-3-7-11-10(4-2)8-9-5-6-9/h4,9-11H,2-3,5-8H2,1H3. The molecule has 1 nitrogen and oxygen atoms in total. The quantitative estimate of drug-likeness (QED) is 0.577. The Bertz CT molecular complexity index is 116. The highest BCUT2D eigenvalue weighted by molar-refractivity contribution is 4.90. The summed E-state index contributed by atoms with van der Waals surface area (Å²) in [5, 5.41) is 3.47. The maximum atomic E-state index is 3.83. The molecule has 1 aliphatic rings. The number of hydrogen-bond donors (Lipinski definition) is 1. The van der Waals surface area contributed by atoms with Crippen LogP contribution in [0.1, 0.15) is 32.6 Å². The summed E-state index contributed by atoms with van der Waals surface area (Å²) in [7, 11) is 0. The molecule has 0 radical (unpaired) electrons. The molecule has 0 bridgehead atoms. The zero-order valence-electron chi connectivity index (χ0n) is 7.47. The third-order valence-electron chi connectivity index (χ3n) is 2.23. The van der Waals surface area contributed by atoms with Gasteiger partial charge in [0.15, 0.2) is 0 Å². The Morgan fingerprint density at radius 1 is 1.64 bits per heavy atom. The van der Waals surface area contributed by atoms with Crippen LogP contribution in [0.15, 0.2) is 12.7 Å². The number of nitrogens with one attached hydrogen (secondary N) is 1. The van der Waals surface area contributed by atoms with Crippen molar-refractivity contribution in [2.45, 2.75) is 38.6 Å². The van der Waals surface area contributed by atoms with Crippen molar-refractivity contribution < 1.29 is 0 Å². The topological polar surface area (TPSA) is 12.0 Å². The summed E-state index contributed by atoms with van der Waals surface area (Å²) in [4.78, 5) is 0. The van der Waals surface area contributed by atoms with Gasteiger partial charge in [0.2, 0.25) is 0 Å². The van der Waals surface area contributed by atoms with Crippen molar-refractivity contribution in [3.8, 4) is 0 Å². The Hall–Kier alpha value is -0.300. The van der Waals surface area contributed by atoms with Crippen molar-refractivity contribution in [3.05, 3.63) is 12.7 Å². The van der Waals surface area contributed by atoms with E-state index in [-0.39, 0.29) is 0 Å². The largest absolute Gasteiger partial charge is 0.311 e. The molecule has 1 fully saturated rings. The molecule has 1 aliphatic carbocycles. The molecule has 0 aliphatic heterocycles. The summed E-state index contributed by atoms with van der Waals surface area (Å²) in [6.45, 7) is 7.16. The molecule has 64 valence electrons. The summed E-state index contributed by atoms with van der Waals surface area (Å²) >= 11 is 0. The van der Waals surface area contributed by atoms with Gasteiger partial charge in [0, 0.05) is 6.04 Å². The van der Waals surface area contributed by atoms with Crippen molar-refractivity contribution >= 4 is 0 Å². The van der Waals surface area contributed by atoms with E-state index < -0.39 is 0 Å². The first kappa shape index (κ1) is 8.79.